The van der Waals surface area contributed by atoms with Crippen molar-refractivity contribution in [2.45, 2.75) is 13.5 Å². The maximum atomic E-state index is 11.5. The monoisotopic (exact) mass is 260 g/mol. The van der Waals surface area contributed by atoms with Crippen molar-refractivity contribution in [2.75, 3.05) is 13.2 Å². The number of aromatic nitrogens is 2. The van der Waals surface area contributed by atoms with Gasteiger partial charge in [-0.3, -0.25) is 0 Å². The largest absolute Gasteiger partial charge is 0.475 e. The van der Waals surface area contributed by atoms with Crippen molar-refractivity contribution < 1.29 is 14.3 Å². The molecule has 0 amide bonds. The summed E-state index contributed by atoms with van der Waals surface area (Å²) < 4.78 is 12.3. The molecule has 0 saturated heterocycles. The third-order valence-corrected chi connectivity index (χ3v) is 2.44. The molecular weight excluding hydrogens is 252 g/mol. The van der Waals surface area contributed by atoms with Gasteiger partial charge in [0.25, 0.3) is 0 Å². The number of fused-ring (bicyclic) bond motifs is 1. The zero-order valence-corrected chi connectivity index (χ0v) is 9.20. The minimum absolute atomic E-state index is 0.343. The van der Waals surface area contributed by atoms with E-state index in [9.17, 15) is 4.79 Å². The van der Waals surface area contributed by atoms with Gasteiger partial charge < -0.3 is 9.47 Å². The van der Waals surface area contributed by atoms with Crippen molar-refractivity contribution in [3.63, 3.8) is 0 Å². The highest BCUT2D eigenvalue weighted by atomic mass is 79.9. The van der Waals surface area contributed by atoms with Gasteiger partial charge in [-0.15, -0.1) is 0 Å². The van der Waals surface area contributed by atoms with Crippen LogP contribution in [0.4, 0.5) is 0 Å². The second-order valence-corrected chi connectivity index (χ2v) is 3.51. The molecule has 1 aliphatic heterocycles. The molecule has 1 aromatic heterocycles. The van der Waals surface area contributed by atoms with Crippen molar-refractivity contribution in [2.24, 2.45) is 0 Å². The van der Waals surface area contributed by atoms with E-state index in [2.05, 4.69) is 21.0 Å². The molecule has 5 nitrogen and oxygen atoms in total. The Kier molecular flexibility index (Phi) is 2.45. The molecular formula is C8H9BrN2O3. The highest BCUT2D eigenvalue weighted by Crippen LogP contribution is 2.30. The topological polar surface area (TPSA) is 53.3 Å². The maximum Gasteiger partial charge on any atom is 0.346 e. The first kappa shape index (κ1) is 9.51. The van der Waals surface area contributed by atoms with Gasteiger partial charge in [0, 0.05) is 0 Å². The van der Waals surface area contributed by atoms with Gasteiger partial charge in [0.15, 0.2) is 5.56 Å². The molecule has 0 bridgehead atoms. The van der Waals surface area contributed by atoms with Gasteiger partial charge in [-0.1, -0.05) is 0 Å². The summed E-state index contributed by atoms with van der Waals surface area (Å²) in [6, 6.07) is 0. The number of ether oxygens (including phenoxy) is 2. The summed E-state index contributed by atoms with van der Waals surface area (Å²) in [5.74, 6) is 0.0952. The summed E-state index contributed by atoms with van der Waals surface area (Å²) in [6.07, 6.45) is 0. The normalized spacial score (nSPS) is 13.6. The summed E-state index contributed by atoms with van der Waals surface area (Å²) in [5.41, 5.74) is 0.379. The number of esters is 1. The van der Waals surface area contributed by atoms with Crippen LogP contribution in [0.25, 0.3) is 0 Å². The third-order valence-electron chi connectivity index (χ3n) is 1.88. The predicted molar refractivity (Wildman–Crippen MR) is 51.4 cm³/mol. The van der Waals surface area contributed by atoms with Gasteiger partial charge in [0.1, 0.15) is 11.2 Å². The lowest BCUT2D eigenvalue weighted by Crippen LogP contribution is -2.06. The Bertz CT molecular complexity index is 375. The molecule has 0 saturated carbocycles. The lowest BCUT2D eigenvalue weighted by Gasteiger charge is -2.01. The highest BCUT2D eigenvalue weighted by Gasteiger charge is 2.28. The number of carbonyl (C=O) groups excluding carboxylic acids is 1. The Balaban J connectivity index is 2.37. The standard InChI is InChI=1S/C8H9BrN2O3/c1-2-13-8(12)5-6(9)10-11-3-4-14-7(5)11/h2-4H2,1H3. The highest BCUT2D eigenvalue weighted by molar-refractivity contribution is 9.10. The smallest absolute Gasteiger partial charge is 0.346 e. The Morgan fingerprint density at radius 1 is 1.79 bits per heavy atom. The van der Waals surface area contributed by atoms with Crippen molar-refractivity contribution in [3.05, 3.63) is 10.2 Å². The fourth-order valence-electron chi connectivity index (χ4n) is 1.32. The van der Waals surface area contributed by atoms with Crippen LogP contribution < -0.4 is 4.74 Å². The second kappa shape index (κ2) is 3.61. The molecule has 0 aliphatic carbocycles. The Morgan fingerprint density at radius 2 is 2.57 bits per heavy atom. The SMILES string of the molecule is CCOC(=O)c1c(Br)nn2c1OCC2. The fourth-order valence-corrected chi connectivity index (χ4v) is 1.84. The molecule has 0 radical (unpaired) electrons. The summed E-state index contributed by atoms with van der Waals surface area (Å²) in [4.78, 5) is 11.5. The molecule has 0 spiro atoms. The van der Waals surface area contributed by atoms with Crippen LogP contribution in [0.2, 0.25) is 0 Å². The Morgan fingerprint density at radius 3 is 3.29 bits per heavy atom. The van der Waals surface area contributed by atoms with E-state index >= 15 is 0 Å². The van der Waals surface area contributed by atoms with Crippen molar-refractivity contribution in [1.29, 1.82) is 0 Å². The molecule has 0 atom stereocenters. The summed E-state index contributed by atoms with van der Waals surface area (Å²) in [5, 5.41) is 4.10. The van der Waals surface area contributed by atoms with Crippen LogP contribution in [-0.2, 0) is 11.3 Å². The van der Waals surface area contributed by atoms with E-state index in [-0.39, 0.29) is 0 Å². The first-order valence-corrected chi connectivity index (χ1v) is 5.09. The molecule has 0 aromatic carbocycles. The number of hydrogen-bond donors (Lipinski definition) is 0. The molecule has 2 heterocycles. The van der Waals surface area contributed by atoms with Crippen molar-refractivity contribution in [1.82, 2.24) is 9.78 Å². The third kappa shape index (κ3) is 1.39. The van der Waals surface area contributed by atoms with Gasteiger partial charge in [-0.05, 0) is 22.9 Å². The van der Waals surface area contributed by atoms with Crippen LogP contribution in [0, 0.1) is 0 Å². The maximum absolute atomic E-state index is 11.5. The average Bonchev–Trinajstić information content (AvgIpc) is 2.63. The second-order valence-electron chi connectivity index (χ2n) is 2.76. The van der Waals surface area contributed by atoms with Crippen LogP contribution in [0.15, 0.2) is 4.60 Å². The molecule has 1 aromatic rings. The van der Waals surface area contributed by atoms with Crippen LogP contribution in [0.3, 0.4) is 0 Å². The van der Waals surface area contributed by atoms with Gasteiger partial charge in [0.2, 0.25) is 5.88 Å². The molecule has 0 fully saturated rings. The van der Waals surface area contributed by atoms with Gasteiger partial charge in [0.05, 0.1) is 13.2 Å². The number of nitrogens with zero attached hydrogens (tertiary/aromatic N) is 2. The van der Waals surface area contributed by atoms with Crippen molar-refractivity contribution in [3.8, 4) is 5.88 Å². The molecule has 76 valence electrons. The molecule has 1 aliphatic rings. The van der Waals surface area contributed by atoms with Gasteiger partial charge in [-0.2, -0.15) is 5.10 Å². The van der Waals surface area contributed by atoms with Crippen molar-refractivity contribution >= 4 is 21.9 Å². The van der Waals surface area contributed by atoms with E-state index in [0.717, 1.165) is 0 Å². The van der Waals surface area contributed by atoms with E-state index in [1.54, 1.807) is 11.6 Å². The molecule has 2 rings (SSSR count). The molecule has 0 unspecified atom stereocenters. The number of hydrogen-bond acceptors (Lipinski definition) is 4. The Hall–Kier alpha value is -1.04. The van der Waals surface area contributed by atoms with Crippen LogP contribution in [0.1, 0.15) is 17.3 Å². The zero-order valence-electron chi connectivity index (χ0n) is 7.62. The van der Waals surface area contributed by atoms with Gasteiger partial charge in [-0.25, -0.2) is 9.48 Å². The molecule has 14 heavy (non-hydrogen) atoms. The quantitative estimate of drug-likeness (QED) is 0.751. The van der Waals surface area contributed by atoms with E-state index < -0.39 is 5.97 Å². The lowest BCUT2D eigenvalue weighted by atomic mass is 10.3. The van der Waals surface area contributed by atoms with E-state index in [1.165, 1.54) is 0 Å². The number of carbonyl (C=O) groups is 1. The van der Waals surface area contributed by atoms with Crippen LogP contribution in [-0.4, -0.2) is 29.0 Å². The van der Waals surface area contributed by atoms with Crippen LogP contribution in [0.5, 0.6) is 5.88 Å². The zero-order chi connectivity index (χ0) is 10.1. The summed E-state index contributed by atoms with van der Waals surface area (Å²) in [6.45, 7) is 3.33. The minimum atomic E-state index is -0.400. The van der Waals surface area contributed by atoms with E-state index in [1.807, 2.05) is 0 Å². The van der Waals surface area contributed by atoms with Gasteiger partial charge >= 0.3 is 5.97 Å². The molecule has 0 N–H and O–H groups in total. The number of halogens is 1. The Labute approximate surface area is 89.1 Å². The summed E-state index contributed by atoms with van der Waals surface area (Å²) in [7, 11) is 0. The van der Waals surface area contributed by atoms with E-state index in [0.29, 0.717) is 35.8 Å². The average molecular weight is 261 g/mol. The fraction of sp³-hybridized carbons (Fsp3) is 0.500. The summed E-state index contributed by atoms with van der Waals surface area (Å²) >= 11 is 3.20. The molecule has 6 heteroatoms. The van der Waals surface area contributed by atoms with E-state index in [4.69, 9.17) is 9.47 Å². The number of rotatable bonds is 2. The predicted octanol–water partition coefficient (Wildman–Crippen LogP) is 1.21. The first-order valence-electron chi connectivity index (χ1n) is 4.30. The minimum Gasteiger partial charge on any atom is -0.475 e. The van der Waals surface area contributed by atoms with Crippen LogP contribution >= 0.6 is 15.9 Å². The first-order chi connectivity index (χ1) is 6.74. The lowest BCUT2D eigenvalue weighted by molar-refractivity contribution is 0.0521.